The first-order valence-corrected chi connectivity index (χ1v) is 15.6. The number of nitrogens with one attached hydrogen (secondary N) is 1. The van der Waals surface area contributed by atoms with Crippen molar-refractivity contribution in [2.75, 3.05) is 17.4 Å². The predicted molar refractivity (Wildman–Crippen MR) is 167 cm³/mol. The Bertz CT molecular complexity index is 1670. The molecule has 0 heterocycles. The Kier molecular flexibility index (Phi) is 10.6. The van der Waals surface area contributed by atoms with Gasteiger partial charge in [-0.1, -0.05) is 78.3 Å². The van der Waals surface area contributed by atoms with Crippen LogP contribution in [0.25, 0.3) is 0 Å². The molecule has 0 fully saturated rings. The average molecular weight is 622 g/mol. The summed E-state index contributed by atoms with van der Waals surface area (Å²) in [5, 5.41) is 3.19. The van der Waals surface area contributed by atoms with E-state index in [9.17, 15) is 22.4 Å². The molecular formula is C33H33ClFN3O4S. The highest BCUT2D eigenvalue weighted by molar-refractivity contribution is 7.92. The van der Waals surface area contributed by atoms with Crippen molar-refractivity contribution in [2.24, 2.45) is 0 Å². The summed E-state index contributed by atoms with van der Waals surface area (Å²) >= 11 is 6.17. The fraction of sp³-hybridized carbons (Fsp3) is 0.212. The SMILES string of the molecule is CCNC(=O)C(Cc1ccccc1)N(Cc1ccccc1F)C(=O)CN(c1ccc(Cl)cc1C)S(=O)(=O)c1ccccc1. The number of carbonyl (C=O) groups is 2. The molecule has 0 radical (unpaired) electrons. The summed E-state index contributed by atoms with van der Waals surface area (Å²) in [4.78, 5) is 29.1. The lowest BCUT2D eigenvalue weighted by atomic mass is 10.0. The summed E-state index contributed by atoms with van der Waals surface area (Å²) in [6.07, 6.45) is 0.137. The summed E-state index contributed by atoms with van der Waals surface area (Å²) in [7, 11) is -4.25. The molecule has 1 unspecified atom stereocenters. The van der Waals surface area contributed by atoms with Gasteiger partial charge in [-0.25, -0.2) is 12.8 Å². The van der Waals surface area contributed by atoms with Crippen LogP contribution < -0.4 is 9.62 Å². The molecule has 43 heavy (non-hydrogen) atoms. The molecule has 0 aliphatic rings. The molecule has 0 aliphatic heterocycles. The van der Waals surface area contributed by atoms with E-state index >= 15 is 0 Å². The number of sulfonamides is 1. The molecule has 1 N–H and O–H groups in total. The molecule has 0 saturated carbocycles. The first kappa shape index (κ1) is 31.7. The van der Waals surface area contributed by atoms with E-state index in [2.05, 4.69) is 5.32 Å². The maximum Gasteiger partial charge on any atom is 0.264 e. The number of likely N-dealkylation sites (N-methyl/N-ethyl adjacent to an activating group) is 1. The smallest absolute Gasteiger partial charge is 0.264 e. The second kappa shape index (κ2) is 14.3. The van der Waals surface area contributed by atoms with Crippen molar-refractivity contribution in [1.82, 2.24) is 10.2 Å². The van der Waals surface area contributed by atoms with Crippen LogP contribution in [0.4, 0.5) is 10.1 Å². The minimum Gasteiger partial charge on any atom is -0.355 e. The number of aryl methyl sites for hydroxylation is 1. The Morgan fingerprint density at radius 3 is 2.16 bits per heavy atom. The van der Waals surface area contributed by atoms with Crippen LogP contribution in [0, 0.1) is 12.7 Å². The van der Waals surface area contributed by atoms with Crippen molar-refractivity contribution < 1.29 is 22.4 Å². The van der Waals surface area contributed by atoms with Crippen molar-refractivity contribution >= 4 is 39.1 Å². The maximum atomic E-state index is 14.9. The van der Waals surface area contributed by atoms with Crippen LogP contribution in [0.3, 0.4) is 0 Å². The lowest BCUT2D eigenvalue weighted by molar-refractivity contribution is -0.140. The Morgan fingerprint density at radius 2 is 1.53 bits per heavy atom. The van der Waals surface area contributed by atoms with Gasteiger partial charge in [0.15, 0.2) is 0 Å². The van der Waals surface area contributed by atoms with Crippen molar-refractivity contribution in [2.45, 2.75) is 37.8 Å². The number of halogens is 2. The monoisotopic (exact) mass is 621 g/mol. The van der Waals surface area contributed by atoms with Crippen LogP contribution in [0.5, 0.6) is 0 Å². The minimum atomic E-state index is -4.25. The van der Waals surface area contributed by atoms with E-state index in [1.807, 2.05) is 30.3 Å². The first-order valence-electron chi connectivity index (χ1n) is 13.8. The highest BCUT2D eigenvalue weighted by atomic mass is 35.5. The molecule has 1 atom stereocenters. The summed E-state index contributed by atoms with van der Waals surface area (Å²) in [6.45, 7) is 2.88. The quantitative estimate of drug-likeness (QED) is 0.218. The molecule has 4 rings (SSSR count). The zero-order chi connectivity index (χ0) is 31.0. The highest BCUT2D eigenvalue weighted by Gasteiger charge is 2.35. The molecule has 7 nitrogen and oxygen atoms in total. The van der Waals surface area contributed by atoms with Gasteiger partial charge < -0.3 is 10.2 Å². The number of rotatable bonds is 12. The summed E-state index contributed by atoms with van der Waals surface area (Å²) in [6, 6.07) is 26.6. The normalized spacial score (nSPS) is 11.9. The van der Waals surface area contributed by atoms with Crippen molar-refractivity contribution in [3.8, 4) is 0 Å². The Labute approximate surface area is 257 Å². The number of amides is 2. The van der Waals surface area contributed by atoms with Crippen LogP contribution >= 0.6 is 11.6 Å². The molecule has 2 amide bonds. The van der Waals surface area contributed by atoms with Gasteiger partial charge in [0.1, 0.15) is 18.4 Å². The highest BCUT2D eigenvalue weighted by Crippen LogP contribution is 2.29. The average Bonchev–Trinajstić information content (AvgIpc) is 3.00. The third-order valence-corrected chi connectivity index (χ3v) is 8.97. The van der Waals surface area contributed by atoms with Gasteiger partial charge in [-0.2, -0.15) is 0 Å². The topological polar surface area (TPSA) is 86.8 Å². The summed E-state index contributed by atoms with van der Waals surface area (Å²) in [5.41, 5.74) is 1.76. The van der Waals surface area contributed by atoms with Crippen LogP contribution in [0.1, 0.15) is 23.6 Å². The molecule has 0 bridgehead atoms. The summed E-state index contributed by atoms with van der Waals surface area (Å²) < 4.78 is 44.0. The molecule has 0 spiro atoms. The van der Waals surface area contributed by atoms with Crippen LogP contribution in [-0.4, -0.2) is 44.3 Å². The number of nitrogens with zero attached hydrogens (tertiary/aromatic N) is 2. The van der Waals surface area contributed by atoms with E-state index in [-0.39, 0.29) is 29.1 Å². The molecule has 0 saturated heterocycles. The molecule has 10 heteroatoms. The van der Waals surface area contributed by atoms with Crippen LogP contribution in [0.15, 0.2) is 108 Å². The standard InChI is InChI=1S/C33H33ClFN3O4S/c1-3-36-33(40)31(21-25-12-6-4-7-13-25)37(22-26-14-10-11-17-29(26)35)32(39)23-38(30-19-18-27(34)20-24(30)2)43(41,42)28-15-8-5-9-16-28/h4-20,31H,3,21-23H2,1-2H3,(H,36,40). The summed E-state index contributed by atoms with van der Waals surface area (Å²) in [5.74, 6) is -1.66. The number of benzene rings is 4. The van der Waals surface area contributed by atoms with Gasteiger partial charge in [-0.05, 0) is 61.4 Å². The van der Waals surface area contributed by atoms with Crippen LogP contribution in [0.2, 0.25) is 5.02 Å². The number of hydrogen-bond acceptors (Lipinski definition) is 4. The van der Waals surface area contributed by atoms with E-state index in [0.29, 0.717) is 17.1 Å². The molecule has 0 aromatic heterocycles. The van der Waals surface area contributed by atoms with E-state index < -0.39 is 40.2 Å². The zero-order valence-electron chi connectivity index (χ0n) is 23.9. The third kappa shape index (κ3) is 7.80. The lowest BCUT2D eigenvalue weighted by Gasteiger charge is -2.34. The minimum absolute atomic E-state index is 0.0117. The Hall–Kier alpha value is -4.21. The number of anilines is 1. The largest absolute Gasteiger partial charge is 0.355 e. The van der Waals surface area contributed by atoms with E-state index in [1.165, 1.54) is 41.3 Å². The fourth-order valence-electron chi connectivity index (χ4n) is 4.79. The molecule has 224 valence electrons. The van der Waals surface area contributed by atoms with E-state index in [1.54, 1.807) is 50.2 Å². The van der Waals surface area contributed by atoms with Crippen LogP contribution in [-0.2, 0) is 32.6 Å². The fourth-order valence-corrected chi connectivity index (χ4v) is 6.51. The molecule has 4 aromatic carbocycles. The van der Waals surface area contributed by atoms with Crippen molar-refractivity contribution in [3.05, 3.63) is 131 Å². The van der Waals surface area contributed by atoms with Gasteiger partial charge in [0.05, 0.1) is 10.6 Å². The van der Waals surface area contributed by atoms with Gasteiger partial charge in [0, 0.05) is 30.1 Å². The lowest BCUT2D eigenvalue weighted by Crippen LogP contribution is -2.53. The van der Waals surface area contributed by atoms with E-state index in [4.69, 9.17) is 11.6 Å². The Morgan fingerprint density at radius 1 is 0.907 bits per heavy atom. The van der Waals surface area contributed by atoms with Gasteiger partial charge in [-0.15, -0.1) is 0 Å². The van der Waals surface area contributed by atoms with Gasteiger partial charge >= 0.3 is 0 Å². The second-order valence-corrected chi connectivity index (χ2v) is 12.3. The van der Waals surface area contributed by atoms with Crippen molar-refractivity contribution in [1.29, 1.82) is 0 Å². The van der Waals surface area contributed by atoms with Crippen molar-refractivity contribution in [3.63, 3.8) is 0 Å². The van der Waals surface area contributed by atoms with Gasteiger partial charge in [0.2, 0.25) is 11.8 Å². The number of hydrogen-bond donors (Lipinski definition) is 1. The predicted octanol–water partition coefficient (Wildman–Crippen LogP) is 5.76. The molecule has 4 aromatic rings. The first-order chi connectivity index (χ1) is 20.6. The zero-order valence-corrected chi connectivity index (χ0v) is 25.5. The van der Waals surface area contributed by atoms with Gasteiger partial charge in [0.25, 0.3) is 10.0 Å². The third-order valence-electron chi connectivity index (χ3n) is 6.96. The maximum absolute atomic E-state index is 14.9. The Balaban J connectivity index is 1.82. The number of carbonyl (C=O) groups excluding carboxylic acids is 2. The van der Waals surface area contributed by atoms with E-state index in [0.717, 1.165) is 9.87 Å². The molecule has 0 aliphatic carbocycles. The molecular weight excluding hydrogens is 589 g/mol. The van der Waals surface area contributed by atoms with Gasteiger partial charge in [-0.3, -0.25) is 13.9 Å². The second-order valence-electron chi connectivity index (χ2n) is 9.97.